The van der Waals surface area contributed by atoms with Gasteiger partial charge in [-0.2, -0.15) is 0 Å². The molecule has 1 rings (SSSR count). The molecule has 0 bridgehead atoms. The van der Waals surface area contributed by atoms with Gasteiger partial charge in [0, 0.05) is 31.6 Å². The van der Waals surface area contributed by atoms with Crippen LogP contribution in [0.4, 0.5) is 4.39 Å². The van der Waals surface area contributed by atoms with Crippen molar-refractivity contribution in [2.75, 3.05) is 38.2 Å². The smallest absolute Gasteiger partial charge is 0.211 e. The van der Waals surface area contributed by atoms with Crippen LogP contribution in [0.25, 0.3) is 0 Å². The third-order valence-electron chi connectivity index (χ3n) is 3.04. The van der Waals surface area contributed by atoms with Crippen molar-refractivity contribution in [1.29, 1.82) is 0 Å². The first-order valence-electron chi connectivity index (χ1n) is 7.77. The number of guanidine groups is 1. The molecule has 0 saturated carbocycles. The number of aliphatic imine (C=N–C) groups is 1. The lowest BCUT2D eigenvalue weighted by Gasteiger charge is -2.12. The molecule has 144 valence electrons. The van der Waals surface area contributed by atoms with Gasteiger partial charge in [-0.1, -0.05) is 0 Å². The second-order valence-corrected chi connectivity index (χ2v) is 8.14. The van der Waals surface area contributed by atoms with Gasteiger partial charge in [-0.25, -0.2) is 17.5 Å². The maximum absolute atomic E-state index is 12.8. The van der Waals surface area contributed by atoms with Crippen molar-refractivity contribution >= 4 is 51.7 Å². The Morgan fingerprint density at radius 3 is 2.40 bits per heavy atom. The molecule has 0 aliphatic heterocycles. The number of sulfonamides is 1. The Morgan fingerprint density at radius 1 is 1.16 bits per heavy atom. The predicted molar refractivity (Wildman–Crippen MR) is 114 cm³/mol. The zero-order valence-corrected chi connectivity index (χ0v) is 18.4. The number of benzene rings is 1. The van der Waals surface area contributed by atoms with E-state index >= 15 is 0 Å². The first kappa shape index (κ1) is 24.4. The highest BCUT2D eigenvalue weighted by Gasteiger charge is 2.04. The van der Waals surface area contributed by atoms with Gasteiger partial charge in [0.05, 0.1) is 5.75 Å². The highest BCUT2D eigenvalue weighted by molar-refractivity contribution is 14.0. The average Bonchev–Trinajstić information content (AvgIpc) is 2.58. The summed E-state index contributed by atoms with van der Waals surface area (Å²) in [7, 11) is -1.49. The molecule has 25 heavy (non-hydrogen) atoms. The first-order chi connectivity index (χ1) is 11.5. The first-order valence-corrected chi connectivity index (χ1v) is 10.4. The highest BCUT2D eigenvalue weighted by atomic mass is 127. The molecule has 0 aromatic heterocycles. The van der Waals surface area contributed by atoms with Gasteiger partial charge in [0.2, 0.25) is 10.0 Å². The quantitative estimate of drug-likeness (QED) is 0.149. The molecule has 0 fully saturated rings. The van der Waals surface area contributed by atoms with E-state index in [0.717, 1.165) is 23.6 Å². The van der Waals surface area contributed by atoms with Crippen LogP contribution in [-0.4, -0.2) is 52.6 Å². The minimum absolute atomic E-state index is 0. The van der Waals surface area contributed by atoms with E-state index in [0.29, 0.717) is 19.0 Å². The van der Waals surface area contributed by atoms with Crippen LogP contribution < -0.4 is 15.4 Å². The average molecular weight is 504 g/mol. The van der Waals surface area contributed by atoms with E-state index < -0.39 is 10.0 Å². The van der Waals surface area contributed by atoms with Crippen molar-refractivity contribution in [3.8, 4) is 0 Å². The van der Waals surface area contributed by atoms with Gasteiger partial charge in [-0.05, 0) is 43.4 Å². The van der Waals surface area contributed by atoms with E-state index in [1.165, 1.54) is 12.1 Å². The van der Waals surface area contributed by atoms with Crippen molar-refractivity contribution in [1.82, 2.24) is 15.4 Å². The maximum Gasteiger partial charge on any atom is 0.211 e. The Hall–Kier alpha value is -0.590. The SMILES string of the molecule is CCS(=O)(=O)NCCNC(=NC)NCCCSc1ccc(F)cc1.I. The third-order valence-corrected chi connectivity index (χ3v) is 5.54. The molecule has 0 atom stereocenters. The second-order valence-electron chi connectivity index (χ2n) is 4.88. The fourth-order valence-electron chi connectivity index (χ4n) is 1.71. The molecule has 0 saturated heterocycles. The predicted octanol–water partition coefficient (Wildman–Crippen LogP) is 2.03. The van der Waals surface area contributed by atoms with Crippen molar-refractivity contribution in [3.05, 3.63) is 30.1 Å². The normalized spacial score (nSPS) is 11.7. The van der Waals surface area contributed by atoms with Crippen molar-refractivity contribution < 1.29 is 12.8 Å². The van der Waals surface area contributed by atoms with Crippen LogP contribution in [0.5, 0.6) is 0 Å². The summed E-state index contributed by atoms with van der Waals surface area (Å²) in [5.41, 5.74) is 0. The molecule has 0 aliphatic rings. The largest absolute Gasteiger partial charge is 0.356 e. The fourth-order valence-corrected chi connectivity index (χ4v) is 3.18. The van der Waals surface area contributed by atoms with Crippen molar-refractivity contribution in [2.24, 2.45) is 4.99 Å². The fraction of sp³-hybridized carbons (Fsp3) is 0.533. The van der Waals surface area contributed by atoms with Crippen LogP contribution in [0.3, 0.4) is 0 Å². The van der Waals surface area contributed by atoms with E-state index in [9.17, 15) is 12.8 Å². The summed E-state index contributed by atoms with van der Waals surface area (Å²) in [5.74, 6) is 1.40. The molecule has 0 amide bonds. The maximum atomic E-state index is 12.8. The lowest BCUT2D eigenvalue weighted by Crippen LogP contribution is -2.42. The molecule has 10 heteroatoms. The number of hydrogen-bond donors (Lipinski definition) is 3. The van der Waals surface area contributed by atoms with Crippen LogP contribution in [0.1, 0.15) is 13.3 Å². The number of nitrogens with one attached hydrogen (secondary N) is 3. The Kier molecular flexibility index (Phi) is 13.3. The number of thioether (sulfide) groups is 1. The van der Waals surface area contributed by atoms with Gasteiger partial charge in [0.1, 0.15) is 5.82 Å². The van der Waals surface area contributed by atoms with E-state index in [1.54, 1.807) is 37.9 Å². The summed E-state index contributed by atoms with van der Waals surface area (Å²) in [6, 6.07) is 6.45. The standard InChI is InChI=1S/C15H25FN4O2S2.HI/c1-3-24(21,22)20-11-10-19-15(17-2)18-9-4-12-23-14-7-5-13(16)6-8-14;/h5-8,20H,3-4,9-12H2,1-2H3,(H2,17,18,19);1H. The van der Waals surface area contributed by atoms with Gasteiger partial charge in [0.25, 0.3) is 0 Å². The van der Waals surface area contributed by atoms with Gasteiger partial charge in [-0.15, -0.1) is 35.7 Å². The van der Waals surface area contributed by atoms with E-state index in [4.69, 9.17) is 0 Å². The Labute approximate surface area is 170 Å². The number of nitrogens with zero attached hydrogens (tertiary/aromatic N) is 1. The molecule has 1 aromatic rings. The van der Waals surface area contributed by atoms with Gasteiger partial charge >= 0.3 is 0 Å². The molecular formula is C15H26FIN4O2S2. The molecule has 0 heterocycles. The van der Waals surface area contributed by atoms with E-state index in [1.807, 2.05) is 0 Å². The van der Waals surface area contributed by atoms with Crippen LogP contribution in [0.2, 0.25) is 0 Å². The molecule has 0 radical (unpaired) electrons. The van der Waals surface area contributed by atoms with Crippen LogP contribution >= 0.6 is 35.7 Å². The third kappa shape index (κ3) is 11.6. The second kappa shape index (κ2) is 13.6. The highest BCUT2D eigenvalue weighted by Crippen LogP contribution is 2.18. The van der Waals surface area contributed by atoms with Crippen LogP contribution in [-0.2, 0) is 10.0 Å². The summed E-state index contributed by atoms with van der Waals surface area (Å²) < 4.78 is 37.8. The summed E-state index contributed by atoms with van der Waals surface area (Å²) in [6.45, 7) is 3.12. The molecule has 0 aliphatic carbocycles. The lowest BCUT2D eigenvalue weighted by atomic mass is 10.4. The minimum atomic E-state index is -3.15. The molecule has 3 N–H and O–H groups in total. The van der Waals surface area contributed by atoms with E-state index in [2.05, 4.69) is 20.3 Å². The van der Waals surface area contributed by atoms with Crippen LogP contribution in [0, 0.1) is 5.82 Å². The van der Waals surface area contributed by atoms with Crippen LogP contribution in [0.15, 0.2) is 34.2 Å². The Morgan fingerprint density at radius 2 is 1.80 bits per heavy atom. The molecular weight excluding hydrogens is 478 g/mol. The van der Waals surface area contributed by atoms with Gasteiger partial charge < -0.3 is 10.6 Å². The van der Waals surface area contributed by atoms with E-state index in [-0.39, 0.29) is 35.5 Å². The number of rotatable bonds is 10. The Bertz CT molecular complexity index is 612. The summed E-state index contributed by atoms with van der Waals surface area (Å²) >= 11 is 1.67. The molecule has 0 unspecified atom stereocenters. The van der Waals surface area contributed by atoms with Crippen molar-refractivity contribution in [3.63, 3.8) is 0 Å². The Balaban J connectivity index is 0.00000576. The number of hydrogen-bond acceptors (Lipinski definition) is 4. The van der Waals surface area contributed by atoms with Crippen molar-refractivity contribution in [2.45, 2.75) is 18.2 Å². The minimum Gasteiger partial charge on any atom is -0.356 e. The summed E-state index contributed by atoms with van der Waals surface area (Å²) in [4.78, 5) is 5.12. The zero-order valence-electron chi connectivity index (χ0n) is 14.4. The van der Waals surface area contributed by atoms with Gasteiger partial charge in [-0.3, -0.25) is 4.99 Å². The monoisotopic (exact) mass is 504 g/mol. The molecule has 0 spiro atoms. The molecule has 6 nitrogen and oxygen atoms in total. The summed E-state index contributed by atoms with van der Waals surface area (Å²) in [5, 5.41) is 6.21. The zero-order chi connectivity index (χ0) is 17.8. The lowest BCUT2D eigenvalue weighted by molar-refractivity contribution is 0.582. The number of halogens is 2. The topological polar surface area (TPSA) is 82.6 Å². The summed E-state index contributed by atoms with van der Waals surface area (Å²) in [6.07, 6.45) is 0.922. The van der Waals surface area contributed by atoms with Gasteiger partial charge in [0.15, 0.2) is 5.96 Å². The molecule has 1 aromatic carbocycles.